The van der Waals surface area contributed by atoms with E-state index in [0.717, 1.165) is 5.56 Å². The second-order valence-corrected chi connectivity index (χ2v) is 3.07. The lowest BCUT2D eigenvalue weighted by Gasteiger charge is -2.03. The summed E-state index contributed by atoms with van der Waals surface area (Å²) in [7, 11) is 0. The molecule has 0 radical (unpaired) electrons. The van der Waals surface area contributed by atoms with Crippen LogP contribution in [0.2, 0.25) is 0 Å². The highest BCUT2D eigenvalue weighted by atomic mass is 14.7. The zero-order valence-corrected chi connectivity index (χ0v) is 7.46. The molecule has 0 amide bonds. The second kappa shape index (κ2) is 3.30. The highest BCUT2D eigenvalue weighted by molar-refractivity contribution is 5.76. The van der Waals surface area contributed by atoms with Crippen molar-refractivity contribution in [2.45, 2.75) is 13.8 Å². The topological polar surface area (TPSA) is 52.0 Å². The molecular formula is C10H14N2. The monoisotopic (exact) mass is 162 g/mol. The smallest absolute Gasteiger partial charge is 0.0621 e. The number of nitrogens with two attached hydrogens (primary N) is 2. The van der Waals surface area contributed by atoms with Crippen molar-refractivity contribution < 1.29 is 0 Å². The van der Waals surface area contributed by atoms with Crippen LogP contribution in [-0.4, -0.2) is 0 Å². The fraction of sp³-hybridized carbons (Fsp3) is 0.200. The molecule has 64 valence electrons. The Balaban J connectivity index is 3.17. The van der Waals surface area contributed by atoms with E-state index in [0.29, 0.717) is 11.4 Å². The summed E-state index contributed by atoms with van der Waals surface area (Å²) in [6.07, 6.45) is 2.02. The van der Waals surface area contributed by atoms with E-state index in [9.17, 15) is 0 Å². The largest absolute Gasteiger partial charge is 0.397 e. The first kappa shape index (κ1) is 8.65. The molecule has 0 fully saturated rings. The SMILES string of the molecule is CC(C)=Cc1cccc(N)c1N. The van der Waals surface area contributed by atoms with Crippen LogP contribution < -0.4 is 11.5 Å². The molecule has 0 unspecified atom stereocenters. The van der Waals surface area contributed by atoms with Crippen LogP contribution >= 0.6 is 0 Å². The molecule has 4 N–H and O–H groups in total. The van der Waals surface area contributed by atoms with Gasteiger partial charge in [0.15, 0.2) is 0 Å². The van der Waals surface area contributed by atoms with E-state index in [-0.39, 0.29) is 0 Å². The zero-order valence-electron chi connectivity index (χ0n) is 7.46. The third kappa shape index (κ3) is 1.78. The molecule has 2 heteroatoms. The molecule has 0 saturated heterocycles. The third-order valence-corrected chi connectivity index (χ3v) is 1.62. The molecule has 0 spiro atoms. The van der Waals surface area contributed by atoms with Gasteiger partial charge in [0.2, 0.25) is 0 Å². The molecule has 0 aliphatic carbocycles. The van der Waals surface area contributed by atoms with Gasteiger partial charge in [-0.3, -0.25) is 0 Å². The summed E-state index contributed by atoms with van der Waals surface area (Å²) >= 11 is 0. The number of anilines is 2. The molecule has 0 saturated carbocycles. The van der Waals surface area contributed by atoms with Gasteiger partial charge in [-0.2, -0.15) is 0 Å². The van der Waals surface area contributed by atoms with Crippen LogP contribution in [0.25, 0.3) is 6.08 Å². The molecule has 0 heterocycles. The molecule has 0 aromatic heterocycles. The summed E-state index contributed by atoms with van der Waals surface area (Å²) < 4.78 is 0. The number of benzene rings is 1. The van der Waals surface area contributed by atoms with Crippen molar-refractivity contribution >= 4 is 17.5 Å². The minimum Gasteiger partial charge on any atom is -0.397 e. The number of rotatable bonds is 1. The van der Waals surface area contributed by atoms with Gasteiger partial charge in [-0.25, -0.2) is 0 Å². The van der Waals surface area contributed by atoms with Crippen molar-refractivity contribution in [3.05, 3.63) is 29.3 Å². The first-order valence-corrected chi connectivity index (χ1v) is 3.90. The quantitative estimate of drug-likeness (QED) is 0.622. The number of nitrogen functional groups attached to an aromatic ring is 2. The van der Waals surface area contributed by atoms with E-state index >= 15 is 0 Å². The Bertz CT molecular complexity index is 310. The highest BCUT2D eigenvalue weighted by Crippen LogP contribution is 2.21. The van der Waals surface area contributed by atoms with Crippen LogP contribution in [0, 0.1) is 0 Å². The van der Waals surface area contributed by atoms with E-state index in [1.807, 2.05) is 32.1 Å². The van der Waals surface area contributed by atoms with Gasteiger partial charge < -0.3 is 11.5 Å². The van der Waals surface area contributed by atoms with Crippen LogP contribution in [-0.2, 0) is 0 Å². The first-order valence-electron chi connectivity index (χ1n) is 3.90. The predicted octanol–water partition coefficient (Wildman–Crippen LogP) is 2.27. The maximum Gasteiger partial charge on any atom is 0.0621 e. The number of allylic oxidation sites excluding steroid dienone is 1. The molecule has 0 aliphatic heterocycles. The van der Waals surface area contributed by atoms with Crippen molar-refractivity contribution in [1.82, 2.24) is 0 Å². The van der Waals surface area contributed by atoms with Gasteiger partial charge in [0, 0.05) is 0 Å². The van der Waals surface area contributed by atoms with Gasteiger partial charge in [0.25, 0.3) is 0 Å². The molecule has 0 bridgehead atoms. The van der Waals surface area contributed by atoms with E-state index in [4.69, 9.17) is 11.5 Å². The molecule has 0 aliphatic rings. The Kier molecular flexibility index (Phi) is 2.38. The van der Waals surface area contributed by atoms with Gasteiger partial charge in [0.05, 0.1) is 11.4 Å². The summed E-state index contributed by atoms with van der Waals surface area (Å²) in [5, 5.41) is 0. The lowest BCUT2D eigenvalue weighted by molar-refractivity contribution is 1.42. The van der Waals surface area contributed by atoms with Crippen molar-refractivity contribution in [3.63, 3.8) is 0 Å². The normalized spacial score (nSPS) is 9.50. The Morgan fingerprint density at radius 1 is 1.25 bits per heavy atom. The van der Waals surface area contributed by atoms with E-state index in [1.54, 1.807) is 6.07 Å². The van der Waals surface area contributed by atoms with Crippen LogP contribution in [0.5, 0.6) is 0 Å². The molecular weight excluding hydrogens is 148 g/mol. The fourth-order valence-corrected chi connectivity index (χ4v) is 1.04. The predicted molar refractivity (Wildman–Crippen MR) is 54.6 cm³/mol. The Morgan fingerprint density at radius 3 is 2.50 bits per heavy atom. The molecule has 0 atom stereocenters. The summed E-state index contributed by atoms with van der Waals surface area (Å²) in [6.45, 7) is 4.06. The Morgan fingerprint density at radius 2 is 1.92 bits per heavy atom. The van der Waals surface area contributed by atoms with E-state index < -0.39 is 0 Å². The molecule has 1 aromatic carbocycles. The van der Waals surface area contributed by atoms with E-state index in [1.165, 1.54) is 5.57 Å². The van der Waals surface area contributed by atoms with Crippen molar-refractivity contribution in [1.29, 1.82) is 0 Å². The first-order chi connectivity index (χ1) is 5.61. The Hall–Kier alpha value is -1.44. The van der Waals surface area contributed by atoms with Crippen LogP contribution in [0.1, 0.15) is 19.4 Å². The van der Waals surface area contributed by atoms with Gasteiger partial charge in [-0.1, -0.05) is 23.8 Å². The summed E-state index contributed by atoms with van der Waals surface area (Å²) in [6, 6.07) is 5.66. The fourth-order valence-electron chi connectivity index (χ4n) is 1.04. The van der Waals surface area contributed by atoms with Gasteiger partial charge in [-0.05, 0) is 25.5 Å². The van der Waals surface area contributed by atoms with E-state index in [2.05, 4.69) is 0 Å². The molecule has 1 rings (SSSR count). The number of hydrogen-bond donors (Lipinski definition) is 2. The van der Waals surface area contributed by atoms with Crippen LogP contribution in [0.4, 0.5) is 11.4 Å². The van der Waals surface area contributed by atoms with Crippen LogP contribution in [0.15, 0.2) is 23.8 Å². The molecule has 1 aromatic rings. The lowest BCUT2D eigenvalue weighted by atomic mass is 10.1. The van der Waals surface area contributed by atoms with Crippen molar-refractivity contribution in [2.75, 3.05) is 11.5 Å². The second-order valence-electron chi connectivity index (χ2n) is 3.07. The maximum atomic E-state index is 5.76. The summed E-state index contributed by atoms with van der Waals surface area (Å²) in [5.74, 6) is 0. The molecule has 2 nitrogen and oxygen atoms in total. The number of para-hydroxylation sites is 1. The van der Waals surface area contributed by atoms with Gasteiger partial charge >= 0.3 is 0 Å². The zero-order chi connectivity index (χ0) is 9.14. The maximum absolute atomic E-state index is 5.76. The standard InChI is InChI=1S/C10H14N2/c1-7(2)6-8-4-3-5-9(11)10(8)12/h3-6H,11-12H2,1-2H3. The minimum atomic E-state index is 0.644. The lowest BCUT2D eigenvalue weighted by Crippen LogP contribution is -1.96. The Labute approximate surface area is 72.9 Å². The third-order valence-electron chi connectivity index (χ3n) is 1.62. The summed E-state index contributed by atoms with van der Waals surface area (Å²) in [5.41, 5.74) is 14.9. The van der Waals surface area contributed by atoms with Gasteiger partial charge in [-0.15, -0.1) is 0 Å². The number of hydrogen-bond acceptors (Lipinski definition) is 2. The van der Waals surface area contributed by atoms with Crippen LogP contribution in [0.3, 0.4) is 0 Å². The summed E-state index contributed by atoms with van der Waals surface area (Å²) in [4.78, 5) is 0. The van der Waals surface area contributed by atoms with Gasteiger partial charge in [0.1, 0.15) is 0 Å². The average Bonchev–Trinajstić information content (AvgIpc) is 1.98. The highest BCUT2D eigenvalue weighted by Gasteiger charge is 1.97. The molecule has 12 heavy (non-hydrogen) atoms. The average molecular weight is 162 g/mol. The van der Waals surface area contributed by atoms with Crippen molar-refractivity contribution in [2.24, 2.45) is 0 Å². The van der Waals surface area contributed by atoms with Crippen molar-refractivity contribution in [3.8, 4) is 0 Å². The minimum absolute atomic E-state index is 0.644.